The summed E-state index contributed by atoms with van der Waals surface area (Å²) in [7, 11) is 0. The summed E-state index contributed by atoms with van der Waals surface area (Å²) < 4.78 is 3.48. The molecule has 0 spiro atoms. The first kappa shape index (κ1) is 12.9. The maximum Gasteiger partial charge on any atom is 0.182 e. The first-order valence-corrected chi connectivity index (χ1v) is 7.31. The van der Waals surface area contributed by atoms with Crippen LogP contribution in [0.25, 0.3) is 16.7 Å². The molecular formula is C14H10BrClN2S. The van der Waals surface area contributed by atoms with Crippen LogP contribution in [-0.4, -0.2) is 9.55 Å². The first-order chi connectivity index (χ1) is 9.08. The molecule has 0 atom stereocenters. The van der Waals surface area contributed by atoms with Crippen molar-refractivity contribution in [3.8, 4) is 5.69 Å². The number of fused-ring (bicyclic) bond motifs is 1. The van der Waals surface area contributed by atoms with E-state index in [4.69, 9.17) is 23.8 Å². The van der Waals surface area contributed by atoms with Gasteiger partial charge >= 0.3 is 0 Å². The number of H-pyrrole nitrogens is 1. The second-order valence-corrected chi connectivity index (χ2v) is 5.95. The molecule has 0 saturated heterocycles. The molecule has 0 fully saturated rings. The molecule has 0 bridgehead atoms. The van der Waals surface area contributed by atoms with Gasteiger partial charge in [0.1, 0.15) is 0 Å². The van der Waals surface area contributed by atoms with Crippen molar-refractivity contribution >= 4 is 50.8 Å². The summed E-state index contributed by atoms with van der Waals surface area (Å²) >= 11 is 15.1. The predicted octanol–water partition coefficient (Wildman–Crippen LogP) is 5.41. The van der Waals surface area contributed by atoms with Crippen LogP contribution in [-0.2, 0) is 0 Å². The van der Waals surface area contributed by atoms with E-state index < -0.39 is 0 Å². The summed E-state index contributed by atoms with van der Waals surface area (Å²) in [5.74, 6) is 0. The Balaban J connectivity index is 2.40. The minimum absolute atomic E-state index is 0.656. The SMILES string of the molecule is Cc1ccc2c(c1)[nH]c(=S)n2-c1cccc(Cl)c1Br. The zero-order chi connectivity index (χ0) is 13.6. The van der Waals surface area contributed by atoms with E-state index in [-0.39, 0.29) is 0 Å². The second-order valence-electron chi connectivity index (χ2n) is 4.36. The van der Waals surface area contributed by atoms with Crippen molar-refractivity contribution in [3.63, 3.8) is 0 Å². The van der Waals surface area contributed by atoms with E-state index in [0.29, 0.717) is 9.79 Å². The Morgan fingerprint density at radius 2 is 2.05 bits per heavy atom. The van der Waals surface area contributed by atoms with Gasteiger partial charge < -0.3 is 4.98 Å². The number of aromatic nitrogens is 2. The molecule has 2 nitrogen and oxygen atoms in total. The lowest BCUT2D eigenvalue weighted by molar-refractivity contribution is 1.06. The van der Waals surface area contributed by atoms with Crippen LogP contribution in [0.3, 0.4) is 0 Å². The van der Waals surface area contributed by atoms with Crippen molar-refractivity contribution in [2.45, 2.75) is 6.92 Å². The summed E-state index contributed by atoms with van der Waals surface area (Å²) in [4.78, 5) is 3.23. The first-order valence-electron chi connectivity index (χ1n) is 5.73. The van der Waals surface area contributed by atoms with Crippen molar-refractivity contribution in [2.24, 2.45) is 0 Å². The zero-order valence-corrected chi connectivity index (χ0v) is 13.2. The van der Waals surface area contributed by atoms with Crippen molar-refractivity contribution < 1.29 is 0 Å². The normalized spacial score (nSPS) is 11.1. The largest absolute Gasteiger partial charge is 0.330 e. The average Bonchev–Trinajstić information content (AvgIpc) is 2.68. The van der Waals surface area contributed by atoms with Crippen LogP contribution in [0.15, 0.2) is 40.9 Å². The molecule has 1 N–H and O–H groups in total. The molecule has 0 aliphatic carbocycles. The highest BCUT2D eigenvalue weighted by molar-refractivity contribution is 9.10. The minimum atomic E-state index is 0.656. The molecule has 0 radical (unpaired) electrons. The van der Waals surface area contributed by atoms with Gasteiger partial charge in [-0.2, -0.15) is 0 Å². The van der Waals surface area contributed by atoms with Gasteiger partial charge in [0.05, 0.1) is 26.2 Å². The number of imidazole rings is 1. The molecule has 3 aromatic rings. The van der Waals surface area contributed by atoms with Gasteiger partial charge in [0.15, 0.2) is 4.77 Å². The third kappa shape index (κ3) is 2.14. The summed E-state index contributed by atoms with van der Waals surface area (Å²) in [6.07, 6.45) is 0. The van der Waals surface area contributed by atoms with Gasteiger partial charge in [0, 0.05) is 0 Å². The van der Waals surface area contributed by atoms with Gasteiger partial charge in [-0.3, -0.25) is 4.57 Å². The molecule has 0 amide bonds. The minimum Gasteiger partial charge on any atom is -0.330 e. The van der Waals surface area contributed by atoms with Crippen molar-refractivity contribution in [2.75, 3.05) is 0 Å². The Morgan fingerprint density at radius 3 is 2.84 bits per heavy atom. The Kier molecular flexibility index (Phi) is 3.25. The van der Waals surface area contributed by atoms with E-state index in [1.807, 2.05) is 22.8 Å². The van der Waals surface area contributed by atoms with Crippen molar-refractivity contribution in [3.05, 3.63) is 56.2 Å². The lowest BCUT2D eigenvalue weighted by Crippen LogP contribution is -1.95. The van der Waals surface area contributed by atoms with E-state index in [1.54, 1.807) is 0 Å². The van der Waals surface area contributed by atoms with Gasteiger partial charge in [-0.1, -0.05) is 23.7 Å². The van der Waals surface area contributed by atoms with E-state index in [9.17, 15) is 0 Å². The number of hydrogen-bond acceptors (Lipinski definition) is 1. The second kappa shape index (κ2) is 4.78. The Labute approximate surface area is 129 Å². The van der Waals surface area contributed by atoms with Gasteiger partial charge in [0.2, 0.25) is 0 Å². The summed E-state index contributed by atoms with van der Waals surface area (Å²) in [6, 6.07) is 12.0. The molecule has 2 aromatic carbocycles. The van der Waals surface area contributed by atoms with Crippen LogP contribution in [0, 0.1) is 11.7 Å². The van der Waals surface area contributed by atoms with Gasteiger partial charge in [-0.15, -0.1) is 0 Å². The molecule has 0 aliphatic heterocycles. The van der Waals surface area contributed by atoms with E-state index in [0.717, 1.165) is 21.2 Å². The van der Waals surface area contributed by atoms with E-state index in [2.05, 4.69) is 46.0 Å². The molecule has 5 heteroatoms. The summed E-state index contributed by atoms with van der Waals surface area (Å²) in [5.41, 5.74) is 4.20. The molecule has 19 heavy (non-hydrogen) atoms. The van der Waals surface area contributed by atoms with E-state index >= 15 is 0 Å². The molecule has 0 unspecified atom stereocenters. The van der Waals surface area contributed by atoms with E-state index in [1.165, 1.54) is 5.56 Å². The summed E-state index contributed by atoms with van der Waals surface area (Å²) in [5, 5.41) is 0.667. The number of rotatable bonds is 1. The lowest BCUT2D eigenvalue weighted by Gasteiger charge is -2.08. The Bertz CT molecular complexity index is 835. The van der Waals surface area contributed by atoms with Crippen LogP contribution in [0.5, 0.6) is 0 Å². The fourth-order valence-corrected chi connectivity index (χ4v) is 3.05. The van der Waals surface area contributed by atoms with Crippen molar-refractivity contribution in [1.82, 2.24) is 9.55 Å². The zero-order valence-electron chi connectivity index (χ0n) is 10.1. The maximum atomic E-state index is 6.16. The number of aryl methyl sites for hydroxylation is 1. The molecule has 96 valence electrons. The number of nitrogens with one attached hydrogen (secondary N) is 1. The van der Waals surface area contributed by atoms with Crippen molar-refractivity contribution in [1.29, 1.82) is 0 Å². The van der Waals surface area contributed by atoms with Crippen LogP contribution in [0.2, 0.25) is 5.02 Å². The topological polar surface area (TPSA) is 20.7 Å². The lowest BCUT2D eigenvalue weighted by atomic mass is 10.2. The standard InChI is InChI=1S/C14H10BrClN2S/c1-8-5-6-11-10(7-8)17-14(19)18(11)12-4-2-3-9(16)13(12)15/h2-7H,1H3,(H,17,19). The average molecular weight is 354 g/mol. The van der Waals surface area contributed by atoms with Crippen LogP contribution >= 0.6 is 39.7 Å². The van der Waals surface area contributed by atoms with Gasteiger partial charge in [-0.25, -0.2) is 0 Å². The molecule has 0 saturated carbocycles. The molecule has 0 aliphatic rings. The third-order valence-electron chi connectivity index (χ3n) is 3.01. The monoisotopic (exact) mass is 352 g/mol. The number of halogens is 2. The molecule has 1 aromatic heterocycles. The number of aromatic amines is 1. The van der Waals surface area contributed by atoms with Gasteiger partial charge in [-0.05, 0) is 64.9 Å². The Morgan fingerprint density at radius 1 is 1.26 bits per heavy atom. The quantitative estimate of drug-likeness (QED) is 0.580. The molecular weight excluding hydrogens is 344 g/mol. The number of benzene rings is 2. The molecule has 1 heterocycles. The molecule has 3 rings (SSSR count). The third-order valence-corrected chi connectivity index (χ3v) is 4.67. The number of hydrogen-bond donors (Lipinski definition) is 1. The van der Waals surface area contributed by atoms with Crippen LogP contribution in [0.4, 0.5) is 0 Å². The Hall–Kier alpha value is -1.10. The number of nitrogens with zero attached hydrogens (tertiary/aromatic N) is 1. The predicted molar refractivity (Wildman–Crippen MR) is 85.9 cm³/mol. The highest BCUT2D eigenvalue weighted by Gasteiger charge is 2.11. The fourth-order valence-electron chi connectivity index (χ4n) is 2.13. The highest BCUT2D eigenvalue weighted by Crippen LogP contribution is 2.31. The van der Waals surface area contributed by atoms with Crippen LogP contribution in [0.1, 0.15) is 5.56 Å². The van der Waals surface area contributed by atoms with Gasteiger partial charge in [0.25, 0.3) is 0 Å². The van der Waals surface area contributed by atoms with Crippen LogP contribution < -0.4 is 0 Å². The summed E-state index contributed by atoms with van der Waals surface area (Å²) in [6.45, 7) is 2.06. The fraction of sp³-hybridized carbons (Fsp3) is 0.0714. The smallest absolute Gasteiger partial charge is 0.182 e. The highest BCUT2D eigenvalue weighted by atomic mass is 79.9. The maximum absolute atomic E-state index is 6.16.